The van der Waals surface area contributed by atoms with Gasteiger partial charge in [0.15, 0.2) is 0 Å². The van der Waals surface area contributed by atoms with Crippen molar-refractivity contribution in [1.29, 1.82) is 0 Å². The summed E-state index contributed by atoms with van der Waals surface area (Å²) in [7, 11) is -2.59. The average Bonchev–Trinajstić information content (AvgIpc) is 2.42. The minimum Gasteiger partial charge on any atom is -0.478 e. The van der Waals surface area contributed by atoms with Crippen LogP contribution in [0.3, 0.4) is 0 Å². The predicted octanol–water partition coefficient (Wildman–Crippen LogP) is 2.08. The minimum atomic E-state index is -2.59. The second-order valence-corrected chi connectivity index (χ2v) is 5.61. The summed E-state index contributed by atoms with van der Waals surface area (Å²) < 4.78 is 11.3. The highest BCUT2D eigenvalue weighted by Gasteiger charge is 2.35. The molecular weight excluding hydrogens is 277 g/mol. The van der Waals surface area contributed by atoms with E-state index in [0.29, 0.717) is 12.8 Å². The first kappa shape index (κ1) is 16.5. The molecule has 0 saturated heterocycles. The molecule has 0 heterocycles. The Kier molecular flexibility index (Phi) is 7.09. The molecule has 0 radical (unpaired) electrons. The van der Waals surface area contributed by atoms with Crippen molar-refractivity contribution in [2.45, 2.75) is 24.9 Å². The molecule has 2 unspecified atom stereocenters. The van der Waals surface area contributed by atoms with E-state index in [4.69, 9.17) is 10.8 Å². The van der Waals surface area contributed by atoms with Gasteiger partial charge in [-0.3, -0.25) is 0 Å². The van der Waals surface area contributed by atoms with Gasteiger partial charge in [-0.05, 0) is 29.5 Å². The number of allylic oxidation sites excluding steroid dienone is 1. The molecule has 20 heavy (non-hydrogen) atoms. The van der Waals surface area contributed by atoms with E-state index < -0.39 is 19.7 Å². The first-order valence-electron chi connectivity index (χ1n) is 6.38. The monoisotopic (exact) mass is 296 g/mol. The van der Waals surface area contributed by atoms with Crippen molar-refractivity contribution in [2.24, 2.45) is 5.73 Å². The zero-order valence-electron chi connectivity index (χ0n) is 11.1. The Hall–Kier alpha value is -1.55. The smallest absolute Gasteiger partial charge is 0.478 e. The normalized spacial score (nSPS) is 13.9. The van der Waals surface area contributed by atoms with Crippen molar-refractivity contribution in [3.05, 3.63) is 47.5 Å². The Morgan fingerprint density at radius 2 is 2.00 bits per heavy atom. The highest BCUT2D eigenvalue weighted by atomic mass is 31.1. The Balaban J connectivity index is 2.76. The number of hydrogen-bond acceptors (Lipinski definition) is 3. The summed E-state index contributed by atoms with van der Waals surface area (Å²) in [5.41, 5.74) is 5.54. The van der Waals surface area contributed by atoms with Gasteiger partial charge in [-0.15, -0.1) is 0 Å². The molecule has 1 aromatic carbocycles. The standard InChI is InChI=1S/C14H18NO4P/c15-10-9-13(20(18)19)12(14(16)17)8-4-7-11-5-2-1-3-6-11/h1-3,5-6,8,13H,4,7,9-10,15H2,(H-,16,17,18,19)/p+1. The second-order valence-electron chi connectivity index (χ2n) is 4.38. The summed E-state index contributed by atoms with van der Waals surface area (Å²) in [5, 5.41) is 9.17. The number of hydrogen-bond donors (Lipinski definition) is 3. The molecule has 1 aromatic rings. The number of aliphatic carboxylic acids is 1. The predicted molar refractivity (Wildman–Crippen MR) is 77.8 cm³/mol. The van der Waals surface area contributed by atoms with Crippen LogP contribution >= 0.6 is 8.03 Å². The lowest BCUT2D eigenvalue weighted by molar-refractivity contribution is -0.132. The fraction of sp³-hybridized carbons (Fsp3) is 0.357. The third kappa shape index (κ3) is 5.21. The van der Waals surface area contributed by atoms with Gasteiger partial charge in [-0.1, -0.05) is 36.4 Å². The van der Waals surface area contributed by atoms with Crippen LogP contribution in [-0.2, 0) is 15.8 Å². The van der Waals surface area contributed by atoms with Gasteiger partial charge in [0.2, 0.25) is 5.66 Å². The van der Waals surface area contributed by atoms with Gasteiger partial charge in [0.25, 0.3) is 0 Å². The number of aryl methyl sites for hydroxylation is 1. The van der Waals surface area contributed by atoms with Crippen LogP contribution in [0.2, 0.25) is 0 Å². The zero-order chi connectivity index (χ0) is 15.0. The molecule has 0 amide bonds. The lowest BCUT2D eigenvalue weighted by atomic mass is 10.0. The quantitative estimate of drug-likeness (QED) is 0.503. The highest BCUT2D eigenvalue weighted by Crippen LogP contribution is 2.31. The summed E-state index contributed by atoms with van der Waals surface area (Å²) in [6, 6.07) is 9.66. The Morgan fingerprint density at radius 1 is 1.35 bits per heavy atom. The summed E-state index contributed by atoms with van der Waals surface area (Å²) in [4.78, 5) is 20.4. The van der Waals surface area contributed by atoms with Gasteiger partial charge in [-0.2, -0.15) is 4.89 Å². The van der Waals surface area contributed by atoms with Crippen LogP contribution in [-0.4, -0.2) is 28.2 Å². The summed E-state index contributed by atoms with van der Waals surface area (Å²) in [6.45, 7) is 0.176. The van der Waals surface area contributed by atoms with Gasteiger partial charge in [0.1, 0.15) is 0 Å². The number of carboxylic acid groups (broad SMARTS) is 1. The van der Waals surface area contributed by atoms with Crippen molar-refractivity contribution in [3.63, 3.8) is 0 Å². The minimum absolute atomic E-state index is 0.0185. The van der Waals surface area contributed by atoms with E-state index in [1.54, 1.807) is 0 Å². The van der Waals surface area contributed by atoms with E-state index in [9.17, 15) is 14.3 Å². The number of rotatable bonds is 8. The van der Waals surface area contributed by atoms with E-state index >= 15 is 0 Å². The Labute approximate surface area is 119 Å². The topological polar surface area (TPSA) is 101 Å². The first-order valence-corrected chi connectivity index (χ1v) is 7.67. The SMILES string of the molecule is NCCC(C(=CCCc1ccccc1)C(=O)O)[P+](=O)O. The molecule has 0 bridgehead atoms. The van der Waals surface area contributed by atoms with Crippen molar-refractivity contribution in [2.75, 3.05) is 6.54 Å². The third-order valence-corrected chi connectivity index (χ3v) is 4.02. The van der Waals surface area contributed by atoms with Gasteiger partial charge < -0.3 is 10.8 Å². The fourth-order valence-electron chi connectivity index (χ4n) is 1.95. The average molecular weight is 296 g/mol. The molecule has 0 saturated carbocycles. The number of nitrogens with two attached hydrogens (primary N) is 1. The lowest BCUT2D eigenvalue weighted by Gasteiger charge is -2.05. The highest BCUT2D eigenvalue weighted by molar-refractivity contribution is 7.39. The van der Waals surface area contributed by atoms with E-state index in [-0.39, 0.29) is 18.5 Å². The summed E-state index contributed by atoms with van der Waals surface area (Å²) >= 11 is 0. The maximum Gasteiger partial charge on any atom is 0.513 e. The fourth-order valence-corrected chi connectivity index (χ4v) is 2.77. The van der Waals surface area contributed by atoms with Crippen LogP contribution in [0, 0.1) is 0 Å². The maximum atomic E-state index is 11.3. The Morgan fingerprint density at radius 3 is 2.50 bits per heavy atom. The number of benzene rings is 1. The largest absolute Gasteiger partial charge is 0.513 e. The summed E-state index contributed by atoms with van der Waals surface area (Å²) in [5.74, 6) is -1.16. The first-order chi connectivity index (χ1) is 9.56. The van der Waals surface area contributed by atoms with Gasteiger partial charge >= 0.3 is 14.0 Å². The number of carbonyl (C=O) groups is 1. The van der Waals surface area contributed by atoms with Crippen LogP contribution in [0.4, 0.5) is 0 Å². The van der Waals surface area contributed by atoms with Crippen molar-refractivity contribution in [1.82, 2.24) is 0 Å². The second kappa shape index (κ2) is 8.59. The lowest BCUT2D eigenvalue weighted by Crippen LogP contribution is -2.19. The van der Waals surface area contributed by atoms with Gasteiger partial charge in [0.05, 0.1) is 5.57 Å². The number of carboxylic acids is 1. The maximum absolute atomic E-state index is 11.3. The molecule has 0 spiro atoms. The molecule has 5 nitrogen and oxygen atoms in total. The molecule has 0 fully saturated rings. The van der Waals surface area contributed by atoms with E-state index in [2.05, 4.69) is 0 Å². The molecular formula is C14H19NO4P+. The van der Waals surface area contributed by atoms with Crippen molar-refractivity contribution < 1.29 is 19.4 Å². The van der Waals surface area contributed by atoms with E-state index in [1.807, 2.05) is 30.3 Å². The molecule has 0 aliphatic rings. The zero-order valence-corrected chi connectivity index (χ0v) is 12.0. The molecule has 1 rings (SSSR count). The van der Waals surface area contributed by atoms with Crippen LogP contribution in [0.25, 0.3) is 0 Å². The van der Waals surface area contributed by atoms with E-state index in [1.165, 1.54) is 6.08 Å². The van der Waals surface area contributed by atoms with Gasteiger partial charge in [0, 0.05) is 6.42 Å². The molecule has 0 aromatic heterocycles. The molecule has 2 atom stereocenters. The molecule has 4 N–H and O–H groups in total. The van der Waals surface area contributed by atoms with Crippen molar-refractivity contribution >= 4 is 14.0 Å². The molecule has 108 valence electrons. The summed E-state index contributed by atoms with van der Waals surface area (Å²) in [6.07, 6.45) is 2.92. The van der Waals surface area contributed by atoms with Crippen LogP contribution in [0.5, 0.6) is 0 Å². The Bertz CT molecular complexity index is 487. The van der Waals surface area contributed by atoms with Crippen molar-refractivity contribution in [3.8, 4) is 0 Å². The van der Waals surface area contributed by atoms with Crippen LogP contribution < -0.4 is 5.73 Å². The van der Waals surface area contributed by atoms with Gasteiger partial charge in [-0.25, -0.2) is 4.79 Å². The van der Waals surface area contributed by atoms with Crippen LogP contribution in [0.1, 0.15) is 18.4 Å². The molecule has 0 aliphatic heterocycles. The third-order valence-electron chi connectivity index (χ3n) is 2.95. The van der Waals surface area contributed by atoms with Crippen LogP contribution in [0.15, 0.2) is 42.0 Å². The van der Waals surface area contributed by atoms with E-state index in [0.717, 1.165) is 5.56 Å². The molecule has 0 aliphatic carbocycles. The molecule has 6 heteroatoms.